The molecule has 6 heteroatoms. The molecular formula is C15H15BrF2N2O. The van der Waals surface area contributed by atoms with Gasteiger partial charge in [-0.25, -0.2) is 8.78 Å². The van der Waals surface area contributed by atoms with E-state index in [1.165, 1.54) is 4.57 Å². The van der Waals surface area contributed by atoms with E-state index in [1.807, 2.05) is 32.0 Å². The summed E-state index contributed by atoms with van der Waals surface area (Å²) in [4.78, 5) is 11.9. The van der Waals surface area contributed by atoms with Crippen molar-refractivity contribution in [2.75, 3.05) is 5.32 Å². The second kappa shape index (κ2) is 7.26. The highest BCUT2D eigenvalue weighted by Gasteiger charge is 2.14. The lowest BCUT2D eigenvalue weighted by Gasteiger charge is -2.10. The summed E-state index contributed by atoms with van der Waals surface area (Å²) in [6.07, 6.45) is 2.15. The Hall–Kier alpha value is -1.82. The lowest BCUT2D eigenvalue weighted by atomic mass is 10.1. The van der Waals surface area contributed by atoms with Gasteiger partial charge in [-0.2, -0.15) is 4.57 Å². The molecule has 0 saturated carbocycles. The lowest BCUT2D eigenvalue weighted by Crippen LogP contribution is -3.00. The minimum atomic E-state index is -0.718. The van der Waals surface area contributed by atoms with Gasteiger partial charge in [0.25, 0.3) is 5.91 Å². The predicted molar refractivity (Wildman–Crippen MR) is 71.1 cm³/mol. The number of amides is 1. The quantitative estimate of drug-likeness (QED) is 0.740. The van der Waals surface area contributed by atoms with Crippen LogP contribution in [-0.2, 0) is 11.3 Å². The number of carbonyl (C=O) groups excluding carboxylic acids is 1. The third kappa shape index (κ3) is 4.60. The average molecular weight is 357 g/mol. The van der Waals surface area contributed by atoms with Gasteiger partial charge in [0.1, 0.15) is 0 Å². The first-order chi connectivity index (χ1) is 9.45. The van der Waals surface area contributed by atoms with Gasteiger partial charge in [-0.15, -0.1) is 0 Å². The SMILES string of the molecule is Cc1cccc(C)c1NC(=O)C[n+]1cc(F)cc(F)c1.[Br-]. The monoisotopic (exact) mass is 356 g/mol. The van der Waals surface area contributed by atoms with Crippen LogP contribution in [0, 0.1) is 25.5 Å². The largest absolute Gasteiger partial charge is 1.00 e. The number of benzene rings is 1. The van der Waals surface area contributed by atoms with Crippen molar-refractivity contribution in [2.45, 2.75) is 20.4 Å². The Morgan fingerprint density at radius 3 is 2.19 bits per heavy atom. The molecule has 2 aromatic rings. The Kier molecular flexibility index (Phi) is 5.96. The first kappa shape index (κ1) is 17.2. The van der Waals surface area contributed by atoms with E-state index in [0.29, 0.717) is 0 Å². The summed E-state index contributed by atoms with van der Waals surface area (Å²) < 4.78 is 27.3. The molecule has 21 heavy (non-hydrogen) atoms. The number of para-hydroxylation sites is 1. The minimum Gasteiger partial charge on any atom is -1.00 e. The van der Waals surface area contributed by atoms with E-state index in [2.05, 4.69) is 5.32 Å². The molecule has 1 aromatic carbocycles. The van der Waals surface area contributed by atoms with Gasteiger partial charge >= 0.3 is 0 Å². The molecule has 112 valence electrons. The molecule has 3 nitrogen and oxygen atoms in total. The van der Waals surface area contributed by atoms with E-state index < -0.39 is 11.6 Å². The molecule has 0 radical (unpaired) electrons. The number of aromatic nitrogens is 1. The molecule has 0 spiro atoms. The van der Waals surface area contributed by atoms with Crippen LogP contribution in [0.2, 0.25) is 0 Å². The zero-order chi connectivity index (χ0) is 14.7. The molecule has 1 N–H and O–H groups in total. The molecule has 0 aliphatic rings. The maximum atomic E-state index is 13.0. The maximum absolute atomic E-state index is 13.0. The third-order valence-corrected chi connectivity index (χ3v) is 2.93. The highest BCUT2D eigenvalue weighted by molar-refractivity contribution is 5.91. The molecule has 2 rings (SSSR count). The molecule has 0 fully saturated rings. The highest BCUT2D eigenvalue weighted by Crippen LogP contribution is 2.19. The van der Waals surface area contributed by atoms with Crippen molar-refractivity contribution < 1.29 is 35.1 Å². The van der Waals surface area contributed by atoms with E-state index in [4.69, 9.17) is 0 Å². The van der Waals surface area contributed by atoms with Crippen LogP contribution in [-0.4, -0.2) is 5.91 Å². The molecule has 1 aromatic heterocycles. The fraction of sp³-hybridized carbons (Fsp3) is 0.200. The normalized spacial score (nSPS) is 9.90. The van der Waals surface area contributed by atoms with Gasteiger partial charge < -0.3 is 22.3 Å². The summed E-state index contributed by atoms with van der Waals surface area (Å²) in [5, 5.41) is 2.76. The van der Waals surface area contributed by atoms with Gasteiger partial charge in [0, 0.05) is 11.8 Å². The van der Waals surface area contributed by atoms with Crippen molar-refractivity contribution in [3.8, 4) is 0 Å². The van der Waals surface area contributed by atoms with Crippen molar-refractivity contribution in [3.63, 3.8) is 0 Å². The standard InChI is InChI=1S/C15H14F2N2O.BrH/c1-10-4-3-5-11(2)15(10)18-14(20)9-19-7-12(16)6-13(17)8-19;/h3-8H,9H2,1-2H3;1H. The van der Waals surface area contributed by atoms with E-state index in [0.717, 1.165) is 35.3 Å². The van der Waals surface area contributed by atoms with E-state index >= 15 is 0 Å². The van der Waals surface area contributed by atoms with Crippen LogP contribution in [0.4, 0.5) is 14.5 Å². The van der Waals surface area contributed by atoms with Gasteiger partial charge in [0.05, 0.1) is 0 Å². The fourth-order valence-electron chi connectivity index (χ4n) is 2.01. The smallest absolute Gasteiger partial charge is 0.290 e. The molecule has 0 bridgehead atoms. The number of nitrogens with one attached hydrogen (secondary N) is 1. The van der Waals surface area contributed by atoms with E-state index in [-0.39, 0.29) is 29.4 Å². The van der Waals surface area contributed by atoms with Gasteiger partial charge in [-0.1, -0.05) is 18.2 Å². The minimum absolute atomic E-state index is 0. The molecule has 0 unspecified atom stereocenters. The molecule has 0 aliphatic carbocycles. The van der Waals surface area contributed by atoms with Gasteiger partial charge in [-0.3, -0.25) is 4.79 Å². The Labute approximate surface area is 132 Å². The second-order valence-electron chi connectivity index (χ2n) is 4.66. The summed E-state index contributed by atoms with van der Waals surface area (Å²) in [5.41, 5.74) is 2.61. The second-order valence-corrected chi connectivity index (χ2v) is 4.66. The highest BCUT2D eigenvalue weighted by atomic mass is 79.9. The molecule has 0 saturated heterocycles. The third-order valence-electron chi connectivity index (χ3n) is 2.93. The number of aryl methyl sites for hydroxylation is 2. The average Bonchev–Trinajstić information content (AvgIpc) is 2.32. The number of carbonyl (C=O) groups is 1. The molecule has 1 amide bonds. The summed E-state index contributed by atoms with van der Waals surface area (Å²) in [7, 11) is 0. The fourth-order valence-corrected chi connectivity index (χ4v) is 2.01. The van der Waals surface area contributed by atoms with Crippen molar-refractivity contribution in [1.82, 2.24) is 0 Å². The van der Waals surface area contributed by atoms with Crippen molar-refractivity contribution in [1.29, 1.82) is 0 Å². The van der Waals surface area contributed by atoms with Gasteiger partial charge in [0.2, 0.25) is 18.9 Å². The van der Waals surface area contributed by atoms with Crippen molar-refractivity contribution >= 4 is 11.6 Å². The number of hydrogen-bond donors (Lipinski definition) is 1. The number of halogens is 3. The van der Waals surface area contributed by atoms with Crippen molar-refractivity contribution in [2.24, 2.45) is 0 Å². The van der Waals surface area contributed by atoms with Crippen molar-refractivity contribution in [3.05, 3.63) is 59.4 Å². The molecule has 0 aliphatic heterocycles. The predicted octanol–water partition coefficient (Wildman–Crippen LogP) is -0.488. The van der Waals surface area contributed by atoms with Crippen LogP contribution in [0.25, 0.3) is 0 Å². The number of hydrogen-bond acceptors (Lipinski definition) is 1. The van der Waals surface area contributed by atoms with Crippen LogP contribution in [0.3, 0.4) is 0 Å². The topological polar surface area (TPSA) is 33.0 Å². The summed E-state index contributed by atoms with van der Waals surface area (Å²) in [6, 6.07) is 6.44. The number of nitrogens with zero attached hydrogens (tertiary/aromatic N) is 1. The number of rotatable bonds is 3. The first-order valence-electron chi connectivity index (χ1n) is 6.17. The zero-order valence-corrected chi connectivity index (χ0v) is 13.2. The number of anilines is 1. The maximum Gasteiger partial charge on any atom is 0.290 e. The van der Waals surface area contributed by atoms with Crippen LogP contribution >= 0.6 is 0 Å². The summed E-state index contributed by atoms with van der Waals surface area (Å²) in [6.45, 7) is 3.62. The molecule has 1 heterocycles. The Morgan fingerprint density at radius 2 is 1.67 bits per heavy atom. The first-order valence-corrected chi connectivity index (χ1v) is 6.17. The Morgan fingerprint density at radius 1 is 1.14 bits per heavy atom. The van der Waals surface area contributed by atoms with Gasteiger partial charge in [-0.05, 0) is 25.0 Å². The molecular weight excluding hydrogens is 342 g/mol. The van der Waals surface area contributed by atoms with Crippen LogP contribution in [0.5, 0.6) is 0 Å². The van der Waals surface area contributed by atoms with Crippen LogP contribution in [0.15, 0.2) is 36.7 Å². The Balaban J connectivity index is 0.00000220. The van der Waals surface area contributed by atoms with Gasteiger partial charge in [0.15, 0.2) is 11.6 Å². The van der Waals surface area contributed by atoms with E-state index in [9.17, 15) is 13.6 Å². The van der Waals surface area contributed by atoms with Crippen LogP contribution < -0.4 is 26.9 Å². The summed E-state index contributed by atoms with van der Waals surface area (Å²) >= 11 is 0. The van der Waals surface area contributed by atoms with Crippen LogP contribution in [0.1, 0.15) is 11.1 Å². The number of pyridine rings is 1. The molecule has 0 atom stereocenters. The lowest BCUT2D eigenvalue weighted by molar-refractivity contribution is -0.686. The zero-order valence-electron chi connectivity index (χ0n) is 11.7. The summed E-state index contributed by atoms with van der Waals surface area (Å²) in [5.74, 6) is -1.77. The Bertz CT molecular complexity index is 622. The van der Waals surface area contributed by atoms with E-state index in [1.54, 1.807) is 0 Å².